The number of carbonyl (C=O) groups is 1. The number of hydrogen-bond donors (Lipinski definition) is 1. The first-order chi connectivity index (χ1) is 11.9. The monoisotopic (exact) mass is 388 g/mol. The molecule has 1 N–H and O–H groups in total. The van der Waals surface area contributed by atoms with Gasteiger partial charge >= 0.3 is 6.18 Å². The van der Waals surface area contributed by atoms with Crippen LogP contribution in [0.5, 0.6) is 0 Å². The maximum Gasteiger partial charge on any atom is 0.435 e. The van der Waals surface area contributed by atoms with Crippen LogP contribution in [0.1, 0.15) is 23.0 Å². The first-order valence-corrected chi connectivity index (χ1v) is 9.04. The molecular formula is C15H15F3N4O3S. The quantitative estimate of drug-likeness (QED) is 0.604. The number of aldehydes is 1. The topological polar surface area (TPSA) is 94.0 Å². The highest BCUT2D eigenvalue weighted by atomic mass is 32.2. The summed E-state index contributed by atoms with van der Waals surface area (Å²) in [5.41, 5.74) is -1.34. The normalized spacial score (nSPS) is 12.0. The van der Waals surface area contributed by atoms with Crippen LogP contribution in [0.15, 0.2) is 35.5 Å². The molecule has 0 amide bonds. The van der Waals surface area contributed by atoms with Crippen molar-refractivity contribution in [3.8, 4) is 5.69 Å². The Bertz CT molecular complexity index is 948. The first-order valence-electron chi connectivity index (χ1n) is 7.15. The lowest BCUT2D eigenvalue weighted by Crippen LogP contribution is -2.10. The molecule has 0 aromatic carbocycles. The molecule has 0 atom stereocenters. The zero-order valence-corrected chi connectivity index (χ0v) is 14.6. The molecule has 0 bridgehead atoms. The summed E-state index contributed by atoms with van der Waals surface area (Å²) in [6.07, 6.45) is -2.77. The van der Waals surface area contributed by atoms with E-state index in [9.17, 15) is 26.4 Å². The molecule has 0 saturated carbocycles. The summed E-state index contributed by atoms with van der Waals surface area (Å²) in [4.78, 5) is 15.0. The van der Waals surface area contributed by atoms with Crippen LogP contribution in [0, 0.1) is 0 Å². The fraction of sp³-hybridized carbons (Fsp3) is 0.267. The van der Waals surface area contributed by atoms with Gasteiger partial charge in [0.1, 0.15) is 5.82 Å². The molecule has 0 spiro atoms. The van der Waals surface area contributed by atoms with Crippen LogP contribution < -0.4 is 5.32 Å². The number of halogens is 3. The van der Waals surface area contributed by atoms with Gasteiger partial charge in [0, 0.05) is 12.8 Å². The lowest BCUT2D eigenvalue weighted by atomic mass is 10.2. The van der Waals surface area contributed by atoms with E-state index >= 15 is 0 Å². The average molecular weight is 388 g/mol. The van der Waals surface area contributed by atoms with Gasteiger partial charge in [-0.1, -0.05) is 12.2 Å². The number of rotatable bonds is 6. The molecule has 140 valence electrons. The van der Waals surface area contributed by atoms with Crippen LogP contribution in [-0.2, 0) is 16.0 Å². The summed E-state index contributed by atoms with van der Waals surface area (Å²) in [7, 11) is -3.57. The van der Waals surface area contributed by atoms with E-state index in [0.29, 0.717) is 5.57 Å². The number of carbonyl (C=O) groups excluding carboxylic acids is 1. The van der Waals surface area contributed by atoms with Crippen LogP contribution in [0.3, 0.4) is 0 Å². The lowest BCUT2D eigenvalue weighted by Gasteiger charge is -2.10. The largest absolute Gasteiger partial charge is 0.435 e. The van der Waals surface area contributed by atoms with Crippen molar-refractivity contribution in [3.63, 3.8) is 0 Å². The Balaban J connectivity index is 2.64. The molecule has 7 nitrogen and oxygen atoms in total. The summed E-state index contributed by atoms with van der Waals surface area (Å²) in [5.74, 6) is -0.191. The molecule has 0 aliphatic heterocycles. The maximum atomic E-state index is 13.2. The SMILES string of the molecule is C=C(C)CNc1c(C=O)c(C(F)(F)F)nn1-c1ccc(S(C)(=O)=O)nc1. The summed E-state index contributed by atoms with van der Waals surface area (Å²) in [6, 6.07) is 2.39. The highest BCUT2D eigenvalue weighted by Crippen LogP contribution is 2.35. The maximum absolute atomic E-state index is 13.2. The molecule has 0 unspecified atom stereocenters. The number of aromatic nitrogens is 3. The van der Waals surface area contributed by atoms with E-state index in [1.165, 1.54) is 6.07 Å². The molecule has 2 aromatic rings. The third-order valence-electron chi connectivity index (χ3n) is 3.21. The van der Waals surface area contributed by atoms with Crippen molar-refractivity contribution in [3.05, 3.63) is 41.7 Å². The molecular weight excluding hydrogens is 373 g/mol. The van der Waals surface area contributed by atoms with Gasteiger partial charge in [0.15, 0.2) is 26.8 Å². The van der Waals surface area contributed by atoms with Crippen LogP contribution in [0.4, 0.5) is 19.0 Å². The van der Waals surface area contributed by atoms with Crippen LogP contribution in [0.2, 0.25) is 0 Å². The second-order valence-corrected chi connectivity index (χ2v) is 7.54. The van der Waals surface area contributed by atoms with Gasteiger partial charge in [0.05, 0.1) is 17.4 Å². The van der Waals surface area contributed by atoms with Crippen molar-refractivity contribution in [1.82, 2.24) is 14.8 Å². The second kappa shape index (κ2) is 6.90. The number of nitrogens with zero attached hydrogens (tertiary/aromatic N) is 3. The summed E-state index contributed by atoms with van der Waals surface area (Å²) in [5, 5.41) is 5.92. The molecule has 11 heteroatoms. The van der Waals surface area contributed by atoms with Gasteiger partial charge in [-0.15, -0.1) is 0 Å². The minimum absolute atomic E-state index is 0.0558. The molecule has 0 aliphatic carbocycles. The number of nitrogens with one attached hydrogen (secondary N) is 1. The Labute approximate surface area is 147 Å². The van der Waals surface area contributed by atoms with E-state index in [2.05, 4.69) is 22.0 Å². The average Bonchev–Trinajstić information content (AvgIpc) is 2.90. The van der Waals surface area contributed by atoms with Gasteiger partial charge in [-0.05, 0) is 19.1 Å². The van der Waals surface area contributed by atoms with E-state index in [1.807, 2.05) is 0 Å². The second-order valence-electron chi connectivity index (χ2n) is 5.58. The van der Waals surface area contributed by atoms with Gasteiger partial charge in [0.2, 0.25) is 0 Å². The zero-order chi connectivity index (χ0) is 19.7. The predicted molar refractivity (Wildman–Crippen MR) is 88.2 cm³/mol. The van der Waals surface area contributed by atoms with E-state index < -0.39 is 27.3 Å². The van der Waals surface area contributed by atoms with E-state index in [1.54, 1.807) is 6.92 Å². The molecule has 2 rings (SSSR count). The van der Waals surface area contributed by atoms with Crippen molar-refractivity contribution in [2.75, 3.05) is 18.1 Å². The third-order valence-corrected chi connectivity index (χ3v) is 4.21. The van der Waals surface area contributed by atoms with Crippen LogP contribution >= 0.6 is 0 Å². The Morgan fingerprint density at radius 1 is 1.38 bits per heavy atom. The molecule has 0 saturated heterocycles. The highest BCUT2D eigenvalue weighted by Gasteiger charge is 2.39. The number of hydrogen-bond acceptors (Lipinski definition) is 6. The zero-order valence-electron chi connectivity index (χ0n) is 13.8. The van der Waals surface area contributed by atoms with Crippen molar-refractivity contribution < 1.29 is 26.4 Å². The summed E-state index contributed by atoms with van der Waals surface area (Å²) in [6.45, 7) is 5.40. The molecule has 0 radical (unpaired) electrons. The summed E-state index contributed by atoms with van der Waals surface area (Å²) >= 11 is 0. The minimum atomic E-state index is -4.85. The standard InChI is InChI=1S/C15H15F3N4O3S/c1-9(2)6-20-14-11(8-23)13(15(16,17)18)21-22(14)10-4-5-12(19-7-10)26(3,24)25/h4-5,7-8,20H,1,6H2,2-3H3. The van der Waals surface area contributed by atoms with Gasteiger partial charge in [-0.3, -0.25) is 4.79 Å². The molecule has 2 heterocycles. The molecule has 2 aromatic heterocycles. The molecule has 0 aliphatic rings. The third kappa shape index (κ3) is 4.10. The predicted octanol–water partition coefficient (Wildman–Crippen LogP) is 2.49. The van der Waals surface area contributed by atoms with Gasteiger partial charge in [0.25, 0.3) is 0 Å². The van der Waals surface area contributed by atoms with Crippen molar-refractivity contribution >= 4 is 21.9 Å². The number of anilines is 1. The van der Waals surface area contributed by atoms with Crippen LogP contribution in [0.25, 0.3) is 5.69 Å². The first kappa shape index (κ1) is 19.6. The fourth-order valence-corrected chi connectivity index (χ4v) is 2.62. The Hall–Kier alpha value is -2.69. The highest BCUT2D eigenvalue weighted by molar-refractivity contribution is 7.90. The smallest absolute Gasteiger partial charge is 0.366 e. The molecule has 0 fully saturated rings. The fourth-order valence-electron chi connectivity index (χ4n) is 2.06. The Kier molecular flexibility index (Phi) is 5.21. The van der Waals surface area contributed by atoms with E-state index in [4.69, 9.17) is 0 Å². The van der Waals surface area contributed by atoms with E-state index in [0.717, 1.165) is 23.2 Å². The molecule has 26 heavy (non-hydrogen) atoms. The summed E-state index contributed by atoms with van der Waals surface area (Å²) < 4.78 is 63.3. The van der Waals surface area contributed by atoms with Gasteiger partial charge in [-0.25, -0.2) is 18.1 Å². The van der Waals surface area contributed by atoms with Crippen LogP contribution in [-0.4, -0.2) is 42.3 Å². The van der Waals surface area contributed by atoms with E-state index in [-0.39, 0.29) is 29.4 Å². The van der Waals surface area contributed by atoms with Gasteiger partial charge in [-0.2, -0.15) is 18.3 Å². The van der Waals surface area contributed by atoms with Gasteiger partial charge < -0.3 is 5.32 Å². The number of sulfone groups is 1. The van der Waals surface area contributed by atoms with Crippen molar-refractivity contribution in [1.29, 1.82) is 0 Å². The van der Waals surface area contributed by atoms with Crippen molar-refractivity contribution in [2.24, 2.45) is 0 Å². The lowest BCUT2D eigenvalue weighted by molar-refractivity contribution is -0.141. The Morgan fingerprint density at radius 2 is 2.04 bits per heavy atom. The number of pyridine rings is 1. The Morgan fingerprint density at radius 3 is 2.46 bits per heavy atom. The minimum Gasteiger partial charge on any atom is -0.366 e. The van der Waals surface area contributed by atoms with Crippen molar-refractivity contribution in [2.45, 2.75) is 18.1 Å². The number of alkyl halides is 3.